The van der Waals surface area contributed by atoms with Crippen molar-refractivity contribution in [2.75, 3.05) is 38.1 Å². The molecule has 0 amide bonds. The van der Waals surface area contributed by atoms with Crippen molar-refractivity contribution >= 4 is 22.4 Å². The number of benzene rings is 1. The highest BCUT2D eigenvalue weighted by Gasteiger charge is 2.23. The second kappa shape index (κ2) is 8.71. The summed E-state index contributed by atoms with van der Waals surface area (Å²) in [5.74, 6) is 0.444. The number of fused-ring (bicyclic) bond motifs is 1. The van der Waals surface area contributed by atoms with E-state index in [1.165, 1.54) is 18.5 Å². The van der Waals surface area contributed by atoms with E-state index in [4.69, 9.17) is 0 Å². The average molecular weight is 416 g/mol. The van der Waals surface area contributed by atoms with E-state index in [0.29, 0.717) is 12.2 Å². The van der Waals surface area contributed by atoms with E-state index in [-0.39, 0.29) is 5.92 Å². The second-order valence-electron chi connectivity index (χ2n) is 8.96. The van der Waals surface area contributed by atoms with Crippen molar-refractivity contribution in [1.29, 1.82) is 0 Å². The number of nitrogens with zero attached hydrogens (tertiary/aromatic N) is 5. The fraction of sp³-hybridized carbons (Fsp3) is 0.440. The Hall–Kier alpha value is -2.86. The summed E-state index contributed by atoms with van der Waals surface area (Å²) in [5, 5.41) is 9.72. The van der Waals surface area contributed by atoms with Crippen molar-refractivity contribution in [2.45, 2.75) is 32.1 Å². The molecule has 2 aliphatic heterocycles. The van der Waals surface area contributed by atoms with E-state index < -0.39 is 0 Å². The summed E-state index contributed by atoms with van der Waals surface area (Å²) in [6.07, 6.45) is 8.62. The van der Waals surface area contributed by atoms with Gasteiger partial charge in [0.05, 0.1) is 29.5 Å². The number of hydrogen-bond acceptors (Lipinski definition) is 6. The van der Waals surface area contributed by atoms with Crippen LogP contribution in [0.4, 0.5) is 5.69 Å². The SMILES string of the molecule is CN1CCC(C(=O)Cc2cc3cc(-c4cncc(N5CCCC5)c4)ccc3nn2)CC1. The third kappa shape index (κ3) is 4.44. The molecule has 0 bridgehead atoms. The van der Waals surface area contributed by atoms with Crippen molar-refractivity contribution in [2.24, 2.45) is 5.92 Å². The Kier molecular flexibility index (Phi) is 5.64. The molecule has 160 valence electrons. The van der Waals surface area contributed by atoms with Gasteiger partial charge in [0, 0.05) is 36.2 Å². The number of hydrogen-bond donors (Lipinski definition) is 0. The van der Waals surface area contributed by atoms with Crippen LogP contribution in [0.2, 0.25) is 0 Å². The van der Waals surface area contributed by atoms with E-state index >= 15 is 0 Å². The Bertz CT molecular complexity index is 1080. The largest absolute Gasteiger partial charge is 0.370 e. The monoisotopic (exact) mass is 415 g/mol. The number of anilines is 1. The zero-order valence-electron chi connectivity index (χ0n) is 18.1. The molecule has 0 unspecified atom stereocenters. The van der Waals surface area contributed by atoms with Gasteiger partial charge in [-0.2, -0.15) is 10.2 Å². The zero-order chi connectivity index (χ0) is 21.2. The first-order chi connectivity index (χ1) is 15.2. The van der Waals surface area contributed by atoms with E-state index in [1.807, 2.05) is 24.5 Å². The fourth-order valence-corrected chi connectivity index (χ4v) is 4.74. The van der Waals surface area contributed by atoms with Crippen LogP contribution in [0.5, 0.6) is 0 Å². The summed E-state index contributed by atoms with van der Waals surface area (Å²) < 4.78 is 0. The molecule has 2 fully saturated rings. The van der Waals surface area contributed by atoms with Gasteiger partial charge in [-0.1, -0.05) is 6.07 Å². The first kappa shape index (κ1) is 20.1. The van der Waals surface area contributed by atoms with E-state index in [1.54, 1.807) is 0 Å². The van der Waals surface area contributed by atoms with E-state index in [0.717, 1.165) is 66.7 Å². The van der Waals surface area contributed by atoms with Gasteiger partial charge in [0.1, 0.15) is 5.78 Å². The minimum Gasteiger partial charge on any atom is -0.370 e. The van der Waals surface area contributed by atoms with Crippen molar-refractivity contribution in [3.8, 4) is 11.1 Å². The first-order valence-corrected chi connectivity index (χ1v) is 11.3. The molecule has 4 heterocycles. The Morgan fingerprint density at radius 2 is 1.77 bits per heavy atom. The quantitative estimate of drug-likeness (QED) is 0.633. The van der Waals surface area contributed by atoms with Crippen molar-refractivity contribution in [1.82, 2.24) is 20.1 Å². The molecule has 1 aromatic carbocycles. The fourth-order valence-electron chi connectivity index (χ4n) is 4.74. The molecule has 6 nitrogen and oxygen atoms in total. The molecule has 3 aromatic rings. The van der Waals surface area contributed by atoms with Crippen LogP contribution in [0.1, 0.15) is 31.4 Å². The molecule has 0 saturated carbocycles. The van der Waals surface area contributed by atoms with Gasteiger partial charge in [-0.15, -0.1) is 0 Å². The summed E-state index contributed by atoms with van der Waals surface area (Å²) in [6.45, 7) is 4.20. The van der Waals surface area contributed by atoms with Crippen molar-refractivity contribution in [3.63, 3.8) is 0 Å². The molecule has 2 aliphatic rings. The smallest absolute Gasteiger partial charge is 0.142 e. The van der Waals surface area contributed by atoms with Gasteiger partial charge in [0.25, 0.3) is 0 Å². The van der Waals surface area contributed by atoms with Gasteiger partial charge in [-0.3, -0.25) is 9.78 Å². The predicted octanol–water partition coefficient (Wildman–Crippen LogP) is 3.75. The Morgan fingerprint density at radius 3 is 2.58 bits per heavy atom. The number of ketones is 1. The molecule has 2 saturated heterocycles. The van der Waals surface area contributed by atoms with Crippen LogP contribution in [-0.4, -0.2) is 59.1 Å². The average Bonchev–Trinajstić information content (AvgIpc) is 3.34. The van der Waals surface area contributed by atoms with Crippen LogP contribution in [0.25, 0.3) is 22.0 Å². The first-order valence-electron chi connectivity index (χ1n) is 11.3. The lowest BCUT2D eigenvalue weighted by molar-refractivity contribution is -0.123. The van der Waals surface area contributed by atoms with Crippen molar-refractivity contribution < 1.29 is 4.79 Å². The van der Waals surface area contributed by atoms with Crippen LogP contribution in [-0.2, 0) is 11.2 Å². The number of piperidine rings is 1. The highest BCUT2D eigenvalue weighted by Crippen LogP contribution is 2.28. The Balaban J connectivity index is 1.37. The van der Waals surface area contributed by atoms with Gasteiger partial charge < -0.3 is 9.80 Å². The van der Waals surface area contributed by atoms with Crippen LogP contribution < -0.4 is 4.90 Å². The van der Waals surface area contributed by atoms with Crippen LogP contribution in [0, 0.1) is 5.92 Å². The molecule has 5 rings (SSSR count). The lowest BCUT2D eigenvalue weighted by Crippen LogP contribution is -2.34. The van der Waals surface area contributed by atoms with E-state index in [2.05, 4.69) is 50.2 Å². The summed E-state index contributed by atoms with van der Waals surface area (Å²) in [6, 6.07) is 10.5. The molecule has 6 heteroatoms. The minimum atomic E-state index is 0.152. The lowest BCUT2D eigenvalue weighted by atomic mass is 9.90. The Labute approximate surface area is 183 Å². The summed E-state index contributed by atoms with van der Waals surface area (Å²) in [5.41, 5.74) is 5.02. The number of carbonyl (C=O) groups is 1. The number of likely N-dealkylation sites (tertiary alicyclic amines) is 1. The summed E-state index contributed by atoms with van der Waals surface area (Å²) >= 11 is 0. The summed E-state index contributed by atoms with van der Waals surface area (Å²) in [7, 11) is 2.11. The van der Waals surface area contributed by atoms with Crippen LogP contribution in [0.3, 0.4) is 0 Å². The number of rotatable bonds is 5. The van der Waals surface area contributed by atoms with Crippen molar-refractivity contribution in [3.05, 3.63) is 48.4 Å². The maximum Gasteiger partial charge on any atom is 0.142 e. The highest BCUT2D eigenvalue weighted by molar-refractivity contribution is 5.87. The van der Waals surface area contributed by atoms with Gasteiger partial charge >= 0.3 is 0 Å². The zero-order valence-corrected chi connectivity index (χ0v) is 18.1. The molecule has 31 heavy (non-hydrogen) atoms. The van der Waals surface area contributed by atoms with Gasteiger partial charge in [0.2, 0.25) is 0 Å². The highest BCUT2D eigenvalue weighted by atomic mass is 16.1. The molecular formula is C25H29N5O. The topological polar surface area (TPSA) is 62.2 Å². The lowest BCUT2D eigenvalue weighted by Gasteiger charge is -2.27. The molecule has 0 spiro atoms. The number of pyridine rings is 1. The normalized spacial score (nSPS) is 18.0. The van der Waals surface area contributed by atoms with Crippen LogP contribution >= 0.6 is 0 Å². The van der Waals surface area contributed by atoms with Gasteiger partial charge in [0.15, 0.2) is 0 Å². The predicted molar refractivity (Wildman–Crippen MR) is 123 cm³/mol. The third-order valence-corrected chi connectivity index (χ3v) is 6.69. The molecule has 2 aromatic heterocycles. The molecular weight excluding hydrogens is 386 g/mol. The van der Waals surface area contributed by atoms with Gasteiger partial charge in [-0.05, 0) is 75.6 Å². The van der Waals surface area contributed by atoms with Crippen LogP contribution in [0.15, 0.2) is 42.7 Å². The second-order valence-corrected chi connectivity index (χ2v) is 8.96. The number of Topliss-reactive ketones (excluding diaryl/α,β-unsaturated/α-hetero) is 1. The molecule has 0 atom stereocenters. The molecule has 0 radical (unpaired) electrons. The summed E-state index contributed by atoms with van der Waals surface area (Å²) in [4.78, 5) is 21.9. The number of carbonyl (C=O) groups excluding carboxylic acids is 1. The maximum atomic E-state index is 12.8. The third-order valence-electron chi connectivity index (χ3n) is 6.69. The minimum absolute atomic E-state index is 0.152. The Morgan fingerprint density at radius 1 is 0.968 bits per heavy atom. The maximum absolute atomic E-state index is 12.8. The standard InChI is InChI=1S/C25H29N5O/c1-29-10-6-18(7-11-29)25(31)15-22-13-20-12-19(4-5-24(20)28-27-22)21-14-23(17-26-16-21)30-8-2-3-9-30/h4-5,12-14,16-18H,2-3,6-11,15H2,1H3. The van der Waals surface area contributed by atoms with E-state index in [9.17, 15) is 4.79 Å². The van der Waals surface area contributed by atoms with Gasteiger partial charge in [-0.25, -0.2) is 0 Å². The number of aromatic nitrogens is 3. The molecule has 0 aliphatic carbocycles. The molecule has 0 N–H and O–H groups in total.